The number of ether oxygens (including phenoxy) is 1. The van der Waals surface area contributed by atoms with Gasteiger partial charge in [-0.3, -0.25) is 0 Å². The Morgan fingerprint density at radius 2 is 1.71 bits per heavy atom. The molecule has 0 heterocycles. The van der Waals surface area contributed by atoms with Gasteiger partial charge >= 0.3 is 0 Å². The Kier molecular flexibility index (Phi) is 6.32. The van der Waals surface area contributed by atoms with Gasteiger partial charge in [0.05, 0.1) is 13.7 Å². The van der Waals surface area contributed by atoms with Crippen molar-refractivity contribution in [3.05, 3.63) is 22.8 Å². The van der Waals surface area contributed by atoms with Crippen molar-refractivity contribution < 1.29 is 9.84 Å². The lowest BCUT2D eigenvalue weighted by molar-refractivity contribution is 0.232. The first-order valence-electron chi connectivity index (χ1n) is 4.03. The third-order valence-corrected chi connectivity index (χ3v) is 3.74. The molecule has 0 aliphatic heterocycles. The van der Waals surface area contributed by atoms with E-state index in [-0.39, 0.29) is 6.61 Å². The summed E-state index contributed by atoms with van der Waals surface area (Å²) >= 11 is 6.82. The van der Waals surface area contributed by atoms with Gasteiger partial charge in [0.25, 0.3) is 0 Å². The highest BCUT2D eigenvalue weighted by atomic mass is 127. The van der Waals surface area contributed by atoms with Crippen LogP contribution in [0.3, 0.4) is 0 Å². The van der Waals surface area contributed by atoms with E-state index in [0.717, 1.165) is 12.9 Å². The molecule has 0 radical (unpaired) electrons. The molecule has 78 valence electrons. The quantitative estimate of drug-likeness (QED) is 0.479. The van der Waals surface area contributed by atoms with E-state index in [2.05, 4.69) is 79.9 Å². The van der Waals surface area contributed by atoms with Crippen LogP contribution in [-0.2, 0) is 0 Å². The maximum Gasteiger partial charge on any atom is 0.145 e. The van der Waals surface area contributed by atoms with Crippen molar-refractivity contribution in [1.82, 2.24) is 0 Å². The minimum atomic E-state index is 0.178. The van der Waals surface area contributed by atoms with E-state index >= 15 is 0 Å². The number of rotatable bonds is 4. The van der Waals surface area contributed by atoms with Crippen LogP contribution in [0.1, 0.15) is 6.42 Å². The number of hydrogen-bond acceptors (Lipinski definition) is 2. The fourth-order valence-electron chi connectivity index (χ4n) is 0.906. The van der Waals surface area contributed by atoms with Crippen LogP contribution in [0.15, 0.2) is 12.1 Å². The third kappa shape index (κ3) is 3.97. The van der Waals surface area contributed by atoms with E-state index < -0.39 is 0 Å². The summed E-state index contributed by atoms with van der Waals surface area (Å²) in [6.45, 7) is 0.751. The highest BCUT2D eigenvalue weighted by Crippen LogP contribution is 2.29. The molecule has 0 amide bonds. The highest BCUT2D eigenvalue weighted by molar-refractivity contribution is 14.1. The standard InChI is InChI=1S/C9H9I3O2/c10-6-4-7(11)9(8(12)5-6)14-3-1-2-13/h4-5,13H,1-3H2. The molecule has 1 N–H and O–H groups in total. The molecule has 0 bridgehead atoms. The summed E-state index contributed by atoms with van der Waals surface area (Å²) in [5, 5.41) is 8.64. The van der Waals surface area contributed by atoms with Crippen LogP contribution in [-0.4, -0.2) is 18.3 Å². The first-order valence-corrected chi connectivity index (χ1v) is 7.27. The lowest BCUT2D eigenvalue weighted by Gasteiger charge is -2.10. The molecular weight excluding hydrogens is 521 g/mol. The zero-order chi connectivity index (χ0) is 10.6. The van der Waals surface area contributed by atoms with Crippen molar-refractivity contribution in [2.75, 3.05) is 13.2 Å². The van der Waals surface area contributed by atoms with Crippen molar-refractivity contribution in [3.8, 4) is 5.75 Å². The molecule has 0 fully saturated rings. The minimum Gasteiger partial charge on any atom is -0.491 e. The topological polar surface area (TPSA) is 29.5 Å². The molecule has 0 unspecified atom stereocenters. The second-order valence-corrected chi connectivity index (χ2v) is 6.19. The zero-order valence-electron chi connectivity index (χ0n) is 7.27. The van der Waals surface area contributed by atoms with Crippen molar-refractivity contribution in [2.24, 2.45) is 0 Å². The first kappa shape index (κ1) is 13.2. The Hall–Kier alpha value is 1.17. The summed E-state index contributed by atoms with van der Waals surface area (Å²) in [6, 6.07) is 4.16. The molecule has 0 spiro atoms. The van der Waals surface area contributed by atoms with Gasteiger partial charge < -0.3 is 9.84 Å². The average Bonchev–Trinajstić information content (AvgIpc) is 2.09. The second kappa shape index (κ2) is 6.69. The summed E-state index contributed by atoms with van der Waals surface area (Å²) < 4.78 is 9.04. The van der Waals surface area contributed by atoms with Crippen LogP contribution >= 0.6 is 67.8 Å². The van der Waals surface area contributed by atoms with Gasteiger partial charge in [0, 0.05) is 16.6 Å². The molecule has 14 heavy (non-hydrogen) atoms. The molecule has 0 aliphatic rings. The molecule has 0 aliphatic carbocycles. The van der Waals surface area contributed by atoms with Gasteiger partial charge in [0.15, 0.2) is 0 Å². The van der Waals surface area contributed by atoms with E-state index in [1.54, 1.807) is 0 Å². The molecule has 0 saturated heterocycles. The molecule has 1 aromatic carbocycles. The minimum absolute atomic E-state index is 0.178. The van der Waals surface area contributed by atoms with Gasteiger partial charge in [-0.2, -0.15) is 0 Å². The highest BCUT2D eigenvalue weighted by Gasteiger charge is 2.07. The second-order valence-electron chi connectivity index (χ2n) is 2.62. The van der Waals surface area contributed by atoms with Crippen LogP contribution in [0, 0.1) is 10.7 Å². The first-order chi connectivity index (χ1) is 6.65. The molecule has 1 aromatic rings. The van der Waals surface area contributed by atoms with Crippen molar-refractivity contribution in [3.63, 3.8) is 0 Å². The van der Waals surface area contributed by atoms with Gasteiger partial charge in [-0.25, -0.2) is 0 Å². The van der Waals surface area contributed by atoms with E-state index in [9.17, 15) is 0 Å². The largest absolute Gasteiger partial charge is 0.491 e. The molecule has 0 aromatic heterocycles. The number of hydrogen-bond donors (Lipinski definition) is 1. The van der Waals surface area contributed by atoms with Crippen LogP contribution in [0.5, 0.6) is 5.75 Å². The zero-order valence-corrected chi connectivity index (χ0v) is 13.7. The number of halogens is 3. The van der Waals surface area contributed by atoms with Gasteiger partial charge in [-0.05, 0) is 79.9 Å². The lowest BCUT2D eigenvalue weighted by Crippen LogP contribution is -2.02. The third-order valence-electron chi connectivity index (χ3n) is 1.51. The molecule has 5 heteroatoms. The molecule has 2 nitrogen and oxygen atoms in total. The Morgan fingerprint density at radius 1 is 1.14 bits per heavy atom. The van der Waals surface area contributed by atoms with Crippen LogP contribution < -0.4 is 4.74 Å². The molecule has 0 atom stereocenters. The monoisotopic (exact) mass is 530 g/mol. The average molecular weight is 530 g/mol. The SMILES string of the molecule is OCCCOc1c(I)cc(I)cc1I. The number of aliphatic hydroxyl groups excluding tert-OH is 1. The Balaban J connectivity index is 2.75. The summed E-state index contributed by atoms with van der Waals surface area (Å²) in [6.07, 6.45) is 0.679. The van der Waals surface area contributed by atoms with Gasteiger partial charge in [0.1, 0.15) is 5.75 Å². The van der Waals surface area contributed by atoms with Crippen LogP contribution in [0.25, 0.3) is 0 Å². The summed E-state index contributed by atoms with van der Waals surface area (Å²) in [5.41, 5.74) is 0. The predicted molar refractivity (Wildman–Crippen MR) is 81.8 cm³/mol. The van der Waals surface area contributed by atoms with Gasteiger partial charge in [0.2, 0.25) is 0 Å². The maximum atomic E-state index is 8.64. The maximum absolute atomic E-state index is 8.64. The van der Waals surface area contributed by atoms with Crippen LogP contribution in [0.2, 0.25) is 0 Å². The van der Waals surface area contributed by atoms with Gasteiger partial charge in [-0.15, -0.1) is 0 Å². The predicted octanol–water partition coefficient (Wildman–Crippen LogP) is 3.26. The smallest absolute Gasteiger partial charge is 0.145 e. The van der Waals surface area contributed by atoms with E-state index in [4.69, 9.17) is 9.84 Å². The number of aliphatic hydroxyl groups is 1. The van der Waals surface area contributed by atoms with E-state index in [0.29, 0.717) is 13.0 Å². The summed E-state index contributed by atoms with van der Waals surface area (Å²) in [7, 11) is 0. The Morgan fingerprint density at radius 3 is 2.21 bits per heavy atom. The normalized spacial score (nSPS) is 10.3. The van der Waals surface area contributed by atoms with Gasteiger partial charge in [-0.1, -0.05) is 0 Å². The lowest BCUT2D eigenvalue weighted by atomic mass is 10.3. The fourth-order valence-corrected chi connectivity index (χ4v) is 4.80. The van der Waals surface area contributed by atoms with E-state index in [1.807, 2.05) is 0 Å². The molecular formula is C9H9I3O2. The van der Waals surface area contributed by atoms with E-state index in [1.165, 1.54) is 3.57 Å². The summed E-state index contributed by atoms with van der Waals surface area (Å²) in [5.74, 6) is 0.931. The number of benzene rings is 1. The summed E-state index contributed by atoms with van der Waals surface area (Å²) in [4.78, 5) is 0. The Labute approximate surface area is 124 Å². The molecule has 0 saturated carbocycles. The molecule has 1 rings (SSSR count). The fraction of sp³-hybridized carbons (Fsp3) is 0.333. The van der Waals surface area contributed by atoms with Crippen molar-refractivity contribution in [1.29, 1.82) is 0 Å². The van der Waals surface area contributed by atoms with Crippen LogP contribution in [0.4, 0.5) is 0 Å². The van der Waals surface area contributed by atoms with Crippen molar-refractivity contribution >= 4 is 67.8 Å². The van der Waals surface area contributed by atoms with Crippen molar-refractivity contribution in [2.45, 2.75) is 6.42 Å². The Bertz CT molecular complexity index is 292.